The van der Waals surface area contributed by atoms with E-state index in [1.807, 2.05) is 0 Å². The molecule has 1 aromatic heterocycles. The maximum absolute atomic E-state index is 11.8. The highest BCUT2D eigenvalue weighted by atomic mass is 16.3. The Balaban J connectivity index is 3.33. The number of aromatic hydroxyl groups is 1. The number of hydrogen-bond acceptors (Lipinski definition) is 5. The molecule has 2 atom stereocenters. The Morgan fingerprint density at radius 1 is 1.12 bits per heavy atom. The fourth-order valence-electron chi connectivity index (χ4n) is 1.47. The minimum Gasteiger partial charge on any atom is -0.494 e. The van der Waals surface area contributed by atoms with Crippen LogP contribution in [0.5, 0.6) is 5.88 Å². The summed E-state index contributed by atoms with van der Waals surface area (Å²) in [5.41, 5.74) is -1.44. The SMILES string of the molecule is CC(O)Cn1c(O)cc(=O)n(CC(C)O)c1=O. The highest BCUT2D eigenvalue weighted by molar-refractivity contribution is 5.07. The Bertz CT molecular complexity index is 500. The molecule has 0 aliphatic rings. The first kappa shape index (κ1) is 13.5. The smallest absolute Gasteiger partial charge is 0.333 e. The lowest BCUT2D eigenvalue weighted by atomic mass is 10.4. The van der Waals surface area contributed by atoms with E-state index in [9.17, 15) is 24.9 Å². The lowest BCUT2D eigenvalue weighted by Gasteiger charge is -2.13. The molecule has 0 bridgehead atoms. The standard InChI is InChI=1S/C10H16N2O5/c1-6(13)4-11-8(15)3-9(16)12(10(11)17)5-7(2)14/h3,6-7,13-15H,4-5H2,1-2H3. The van der Waals surface area contributed by atoms with Crippen LogP contribution < -0.4 is 11.2 Å². The van der Waals surface area contributed by atoms with E-state index < -0.39 is 29.3 Å². The normalized spacial score (nSPS) is 14.6. The second-order valence-corrected chi connectivity index (χ2v) is 4.04. The first-order valence-electron chi connectivity index (χ1n) is 5.22. The van der Waals surface area contributed by atoms with Crippen LogP contribution in [0.25, 0.3) is 0 Å². The Labute approximate surface area is 97.2 Å². The molecule has 0 radical (unpaired) electrons. The largest absolute Gasteiger partial charge is 0.494 e. The van der Waals surface area contributed by atoms with Gasteiger partial charge in [-0.15, -0.1) is 0 Å². The van der Waals surface area contributed by atoms with Crippen molar-refractivity contribution < 1.29 is 15.3 Å². The van der Waals surface area contributed by atoms with E-state index in [1.165, 1.54) is 13.8 Å². The molecule has 0 saturated carbocycles. The molecule has 1 rings (SSSR count). The first-order valence-corrected chi connectivity index (χ1v) is 5.22. The minimum atomic E-state index is -0.857. The van der Waals surface area contributed by atoms with Crippen LogP contribution in [0.3, 0.4) is 0 Å². The van der Waals surface area contributed by atoms with Crippen molar-refractivity contribution >= 4 is 0 Å². The summed E-state index contributed by atoms with van der Waals surface area (Å²) in [6, 6.07) is 0.881. The second kappa shape index (κ2) is 5.15. The molecule has 7 heteroatoms. The van der Waals surface area contributed by atoms with Gasteiger partial charge in [-0.3, -0.25) is 13.9 Å². The van der Waals surface area contributed by atoms with E-state index >= 15 is 0 Å². The molecule has 0 fully saturated rings. The van der Waals surface area contributed by atoms with Gasteiger partial charge in [-0.1, -0.05) is 0 Å². The summed E-state index contributed by atoms with van der Waals surface area (Å²) in [6.45, 7) is 2.62. The van der Waals surface area contributed by atoms with Crippen molar-refractivity contribution in [3.63, 3.8) is 0 Å². The molecule has 0 spiro atoms. The zero-order chi connectivity index (χ0) is 13.2. The number of aliphatic hydroxyl groups excluding tert-OH is 2. The van der Waals surface area contributed by atoms with E-state index in [4.69, 9.17) is 0 Å². The van der Waals surface area contributed by atoms with Crippen molar-refractivity contribution in [3.8, 4) is 5.88 Å². The van der Waals surface area contributed by atoms with Crippen LogP contribution in [0.15, 0.2) is 15.7 Å². The Kier molecular flexibility index (Phi) is 4.08. The number of rotatable bonds is 4. The topological polar surface area (TPSA) is 105 Å². The van der Waals surface area contributed by atoms with Gasteiger partial charge in [0.05, 0.1) is 31.4 Å². The van der Waals surface area contributed by atoms with Gasteiger partial charge >= 0.3 is 5.69 Å². The van der Waals surface area contributed by atoms with Crippen LogP contribution in [0.1, 0.15) is 13.8 Å². The Morgan fingerprint density at radius 3 is 2.06 bits per heavy atom. The van der Waals surface area contributed by atoms with Crippen molar-refractivity contribution in [2.24, 2.45) is 0 Å². The fraction of sp³-hybridized carbons (Fsp3) is 0.600. The van der Waals surface area contributed by atoms with E-state index in [1.54, 1.807) is 0 Å². The van der Waals surface area contributed by atoms with E-state index in [2.05, 4.69) is 0 Å². The molecule has 1 heterocycles. The van der Waals surface area contributed by atoms with Gasteiger partial charge in [0.1, 0.15) is 0 Å². The molecule has 0 aliphatic heterocycles. The zero-order valence-corrected chi connectivity index (χ0v) is 9.70. The van der Waals surface area contributed by atoms with Crippen molar-refractivity contribution in [3.05, 3.63) is 26.9 Å². The fourth-order valence-corrected chi connectivity index (χ4v) is 1.47. The van der Waals surface area contributed by atoms with Gasteiger partial charge < -0.3 is 15.3 Å². The quantitative estimate of drug-likeness (QED) is 0.596. The Morgan fingerprint density at radius 2 is 1.59 bits per heavy atom. The third-order valence-corrected chi connectivity index (χ3v) is 2.15. The molecule has 0 saturated heterocycles. The molecular formula is C10H16N2O5. The molecule has 2 unspecified atom stereocenters. The number of hydrogen-bond donors (Lipinski definition) is 3. The van der Waals surface area contributed by atoms with Crippen molar-refractivity contribution in [2.45, 2.75) is 39.1 Å². The number of nitrogens with zero attached hydrogens (tertiary/aromatic N) is 2. The van der Waals surface area contributed by atoms with Gasteiger partial charge in [0.2, 0.25) is 5.88 Å². The van der Waals surface area contributed by atoms with E-state index in [0.717, 1.165) is 15.2 Å². The van der Waals surface area contributed by atoms with E-state index in [0.29, 0.717) is 0 Å². The lowest BCUT2D eigenvalue weighted by Crippen LogP contribution is -2.42. The molecular weight excluding hydrogens is 228 g/mol. The van der Waals surface area contributed by atoms with E-state index in [-0.39, 0.29) is 13.1 Å². The third kappa shape index (κ3) is 3.18. The highest BCUT2D eigenvalue weighted by Crippen LogP contribution is 2.02. The number of aliphatic hydroxyl groups is 2. The van der Waals surface area contributed by atoms with Gasteiger partial charge in [-0.2, -0.15) is 0 Å². The summed E-state index contributed by atoms with van der Waals surface area (Å²) in [5.74, 6) is -0.497. The molecule has 1 aromatic rings. The summed E-state index contributed by atoms with van der Waals surface area (Å²) in [6.07, 6.45) is -1.69. The van der Waals surface area contributed by atoms with Crippen molar-refractivity contribution in [1.82, 2.24) is 9.13 Å². The molecule has 7 nitrogen and oxygen atoms in total. The Hall–Kier alpha value is -1.60. The average Bonchev–Trinajstić information content (AvgIpc) is 2.18. The van der Waals surface area contributed by atoms with Crippen molar-refractivity contribution in [1.29, 1.82) is 0 Å². The summed E-state index contributed by atoms with van der Waals surface area (Å²) in [4.78, 5) is 23.3. The molecule has 96 valence electrons. The maximum atomic E-state index is 11.8. The summed E-state index contributed by atoms with van der Waals surface area (Å²) in [5, 5.41) is 27.8. The molecule has 17 heavy (non-hydrogen) atoms. The molecule has 0 aliphatic carbocycles. The van der Waals surface area contributed by atoms with Crippen LogP contribution in [-0.2, 0) is 13.1 Å². The van der Waals surface area contributed by atoms with Gasteiger partial charge in [-0.25, -0.2) is 4.79 Å². The lowest BCUT2D eigenvalue weighted by molar-refractivity contribution is 0.156. The molecule has 0 aromatic carbocycles. The van der Waals surface area contributed by atoms with Crippen LogP contribution in [0, 0.1) is 0 Å². The predicted octanol–water partition coefficient (Wildman–Crippen LogP) is -1.52. The first-order chi connectivity index (χ1) is 7.82. The molecule has 0 amide bonds. The van der Waals surface area contributed by atoms with Gasteiger partial charge in [0.15, 0.2) is 0 Å². The van der Waals surface area contributed by atoms with Crippen molar-refractivity contribution in [2.75, 3.05) is 0 Å². The van der Waals surface area contributed by atoms with Crippen LogP contribution in [0.2, 0.25) is 0 Å². The van der Waals surface area contributed by atoms with Crippen LogP contribution >= 0.6 is 0 Å². The highest BCUT2D eigenvalue weighted by Gasteiger charge is 2.13. The maximum Gasteiger partial charge on any atom is 0.333 e. The average molecular weight is 244 g/mol. The summed E-state index contributed by atoms with van der Waals surface area (Å²) >= 11 is 0. The second-order valence-electron chi connectivity index (χ2n) is 4.04. The van der Waals surface area contributed by atoms with Gasteiger partial charge in [-0.05, 0) is 13.8 Å². The summed E-state index contributed by atoms with van der Waals surface area (Å²) < 4.78 is 1.70. The van der Waals surface area contributed by atoms with Gasteiger partial charge in [0, 0.05) is 0 Å². The third-order valence-electron chi connectivity index (χ3n) is 2.15. The monoisotopic (exact) mass is 244 g/mol. The molecule has 3 N–H and O–H groups in total. The number of aromatic nitrogens is 2. The zero-order valence-electron chi connectivity index (χ0n) is 9.70. The van der Waals surface area contributed by atoms with Crippen LogP contribution in [0.4, 0.5) is 0 Å². The summed E-state index contributed by atoms with van der Waals surface area (Å²) in [7, 11) is 0. The van der Waals surface area contributed by atoms with Crippen LogP contribution in [-0.4, -0.2) is 36.7 Å². The predicted molar refractivity (Wildman–Crippen MR) is 60.0 cm³/mol. The minimum absolute atomic E-state index is 0.120. The van der Waals surface area contributed by atoms with Gasteiger partial charge in [0.25, 0.3) is 5.56 Å².